The van der Waals surface area contributed by atoms with Gasteiger partial charge >= 0.3 is 0 Å². The maximum atomic E-state index is 12.5. The van der Waals surface area contributed by atoms with Crippen molar-refractivity contribution in [1.29, 1.82) is 0 Å². The second kappa shape index (κ2) is 8.44. The number of carbonyl (C=O) groups is 2. The van der Waals surface area contributed by atoms with E-state index in [1.165, 1.54) is 17.3 Å². The van der Waals surface area contributed by atoms with Crippen molar-refractivity contribution in [2.24, 2.45) is 7.05 Å². The summed E-state index contributed by atoms with van der Waals surface area (Å²) in [4.78, 5) is 24.4. The minimum atomic E-state index is -0.478. The summed E-state index contributed by atoms with van der Waals surface area (Å²) in [5.41, 5.74) is 1.73. The number of carbonyl (C=O) groups excluding carboxylic acids is 2. The number of aromatic nitrogens is 2. The number of benzene rings is 1. The van der Waals surface area contributed by atoms with Crippen LogP contribution in [0.15, 0.2) is 47.0 Å². The molecule has 8 nitrogen and oxygen atoms in total. The number of hydrogen-bond acceptors (Lipinski definition) is 5. The van der Waals surface area contributed by atoms with Crippen LogP contribution in [0.4, 0.5) is 5.69 Å². The van der Waals surface area contributed by atoms with Crippen molar-refractivity contribution >= 4 is 17.5 Å². The van der Waals surface area contributed by atoms with Crippen LogP contribution < -0.4 is 15.4 Å². The average Bonchev–Trinajstić information content (AvgIpc) is 3.32. The number of nitrogens with zero attached hydrogens (tertiary/aromatic N) is 2. The van der Waals surface area contributed by atoms with E-state index < -0.39 is 11.8 Å². The quantitative estimate of drug-likeness (QED) is 0.648. The Morgan fingerprint density at radius 1 is 1.10 bits per heavy atom. The Bertz CT molecular complexity index is 1040. The molecule has 30 heavy (non-hydrogen) atoms. The SMILES string of the molecule is CNC(=O)c1nn(C)cc1NC(=O)c1ccc(COc2ccc(C(C)(C)C)cc2)o1. The molecule has 0 aliphatic rings. The smallest absolute Gasteiger partial charge is 0.291 e. The minimum Gasteiger partial charge on any atom is -0.486 e. The zero-order valence-electron chi connectivity index (χ0n) is 17.8. The van der Waals surface area contributed by atoms with Crippen LogP contribution >= 0.6 is 0 Å². The van der Waals surface area contributed by atoms with E-state index >= 15 is 0 Å². The van der Waals surface area contributed by atoms with Crippen LogP contribution in [0, 0.1) is 0 Å². The fourth-order valence-corrected chi connectivity index (χ4v) is 2.83. The van der Waals surface area contributed by atoms with Crippen LogP contribution in [-0.2, 0) is 19.1 Å². The lowest BCUT2D eigenvalue weighted by Gasteiger charge is -2.19. The highest BCUT2D eigenvalue weighted by Gasteiger charge is 2.19. The molecule has 0 fully saturated rings. The highest BCUT2D eigenvalue weighted by Crippen LogP contribution is 2.25. The maximum Gasteiger partial charge on any atom is 0.291 e. The maximum absolute atomic E-state index is 12.5. The number of anilines is 1. The molecule has 2 aromatic heterocycles. The molecule has 0 unspecified atom stereocenters. The molecule has 0 spiro atoms. The molecule has 8 heteroatoms. The fourth-order valence-electron chi connectivity index (χ4n) is 2.83. The van der Waals surface area contributed by atoms with E-state index in [1.807, 2.05) is 24.3 Å². The third-order valence-corrected chi connectivity index (χ3v) is 4.51. The van der Waals surface area contributed by atoms with Gasteiger partial charge in [0, 0.05) is 20.3 Å². The van der Waals surface area contributed by atoms with Gasteiger partial charge in [0.2, 0.25) is 0 Å². The second-order valence-electron chi connectivity index (χ2n) is 7.93. The number of amides is 2. The van der Waals surface area contributed by atoms with Crippen molar-refractivity contribution in [2.45, 2.75) is 32.8 Å². The summed E-state index contributed by atoms with van der Waals surface area (Å²) in [7, 11) is 3.16. The monoisotopic (exact) mass is 410 g/mol. The molecular formula is C22H26N4O4. The Morgan fingerprint density at radius 3 is 2.43 bits per heavy atom. The van der Waals surface area contributed by atoms with Gasteiger partial charge in [-0.3, -0.25) is 14.3 Å². The molecule has 0 aliphatic carbocycles. The lowest BCUT2D eigenvalue weighted by atomic mass is 9.87. The standard InChI is InChI=1S/C22H26N4O4/c1-22(2,3)14-6-8-15(9-7-14)29-13-16-10-11-18(30-16)20(27)24-17-12-26(5)25-19(17)21(28)23-4/h6-12H,13H2,1-5H3,(H,23,28)(H,24,27). The molecule has 2 heterocycles. The first-order valence-corrected chi connectivity index (χ1v) is 9.56. The summed E-state index contributed by atoms with van der Waals surface area (Å²) < 4.78 is 12.8. The van der Waals surface area contributed by atoms with E-state index in [2.05, 4.69) is 36.5 Å². The van der Waals surface area contributed by atoms with Crippen LogP contribution in [0.2, 0.25) is 0 Å². The van der Waals surface area contributed by atoms with Crippen molar-refractivity contribution in [3.63, 3.8) is 0 Å². The zero-order valence-corrected chi connectivity index (χ0v) is 17.8. The van der Waals surface area contributed by atoms with Crippen molar-refractivity contribution in [3.05, 3.63) is 65.4 Å². The van der Waals surface area contributed by atoms with Crippen LogP contribution in [0.3, 0.4) is 0 Å². The second-order valence-corrected chi connectivity index (χ2v) is 7.93. The molecule has 3 aromatic rings. The van der Waals surface area contributed by atoms with Gasteiger partial charge in [-0.25, -0.2) is 0 Å². The van der Waals surface area contributed by atoms with Crippen LogP contribution in [0.5, 0.6) is 5.75 Å². The van der Waals surface area contributed by atoms with Crippen molar-refractivity contribution in [3.8, 4) is 5.75 Å². The van der Waals surface area contributed by atoms with Gasteiger partial charge in [0.05, 0.1) is 5.69 Å². The van der Waals surface area contributed by atoms with Crippen molar-refractivity contribution in [2.75, 3.05) is 12.4 Å². The molecule has 2 N–H and O–H groups in total. The summed E-state index contributed by atoms with van der Waals surface area (Å²) in [5.74, 6) is 0.475. The summed E-state index contributed by atoms with van der Waals surface area (Å²) in [5, 5.41) is 9.20. The van der Waals surface area contributed by atoms with E-state index in [9.17, 15) is 9.59 Å². The van der Waals surface area contributed by atoms with Gasteiger partial charge < -0.3 is 19.8 Å². The van der Waals surface area contributed by atoms with Crippen LogP contribution in [-0.4, -0.2) is 28.6 Å². The Kier molecular flexibility index (Phi) is 5.96. The van der Waals surface area contributed by atoms with E-state index in [-0.39, 0.29) is 23.5 Å². The zero-order chi connectivity index (χ0) is 21.9. The molecule has 0 atom stereocenters. The van der Waals surface area contributed by atoms with E-state index in [0.29, 0.717) is 11.4 Å². The molecule has 0 radical (unpaired) electrons. The van der Waals surface area contributed by atoms with E-state index in [0.717, 1.165) is 5.75 Å². The van der Waals surface area contributed by atoms with Gasteiger partial charge in [-0.2, -0.15) is 5.10 Å². The number of hydrogen-bond donors (Lipinski definition) is 2. The highest BCUT2D eigenvalue weighted by atomic mass is 16.5. The molecule has 2 amide bonds. The largest absolute Gasteiger partial charge is 0.486 e. The fraction of sp³-hybridized carbons (Fsp3) is 0.318. The third kappa shape index (κ3) is 4.89. The van der Waals surface area contributed by atoms with Gasteiger partial charge in [0.25, 0.3) is 11.8 Å². The predicted octanol–water partition coefficient (Wildman–Crippen LogP) is 3.50. The lowest BCUT2D eigenvalue weighted by Crippen LogP contribution is -2.21. The highest BCUT2D eigenvalue weighted by molar-refractivity contribution is 6.06. The van der Waals surface area contributed by atoms with Gasteiger partial charge in [-0.1, -0.05) is 32.9 Å². The summed E-state index contributed by atoms with van der Waals surface area (Å²) in [6.45, 7) is 6.66. The number of ether oxygens (including phenoxy) is 1. The molecule has 0 aliphatic heterocycles. The summed E-state index contributed by atoms with van der Waals surface area (Å²) in [6.07, 6.45) is 1.55. The lowest BCUT2D eigenvalue weighted by molar-refractivity contribution is 0.0958. The number of nitrogens with one attached hydrogen (secondary N) is 2. The first kappa shape index (κ1) is 21.2. The van der Waals surface area contributed by atoms with E-state index in [4.69, 9.17) is 9.15 Å². The Hall–Kier alpha value is -3.55. The Labute approximate surface area is 175 Å². The van der Waals surface area contributed by atoms with Gasteiger partial charge in [-0.15, -0.1) is 0 Å². The van der Waals surface area contributed by atoms with Gasteiger partial charge in [-0.05, 0) is 35.2 Å². The van der Waals surface area contributed by atoms with Gasteiger partial charge in [0.15, 0.2) is 11.5 Å². The minimum absolute atomic E-state index is 0.0771. The van der Waals surface area contributed by atoms with Crippen LogP contribution in [0.1, 0.15) is 53.1 Å². The van der Waals surface area contributed by atoms with Crippen LogP contribution in [0.25, 0.3) is 0 Å². The molecule has 3 rings (SSSR count). The topological polar surface area (TPSA) is 98.4 Å². The molecule has 158 valence electrons. The molecule has 0 saturated carbocycles. The summed E-state index contributed by atoms with van der Waals surface area (Å²) in [6, 6.07) is 11.1. The predicted molar refractivity (Wildman–Crippen MR) is 113 cm³/mol. The van der Waals surface area contributed by atoms with E-state index in [1.54, 1.807) is 25.4 Å². The molecule has 0 saturated heterocycles. The first-order chi connectivity index (χ1) is 14.2. The number of furan rings is 1. The molecule has 0 bridgehead atoms. The first-order valence-electron chi connectivity index (χ1n) is 9.56. The third-order valence-electron chi connectivity index (χ3n) is 4.51. The number of rotatable bonds is 6. The van der Waals surface area contributed by atoms with Crippen molar-refractivity contribution in [1.82, 2.24) is 15.1 Å². The number of aryl methyl sites for hydroxylation is 1. The Balaban J connectivity index is 1.62. The van der Waals surface area contributed by atoms with Gasteiger partial charge in [0.1, 0.15) is 18.1 Å². The summed E-state index contributed by atoms with van der Waals surface area (Å²) >= 11 is 0. The molecule has 1 aromatic carbocycles. The normalized spacial score (nSPS) is 11.2. The average molecular weight is 410 g/mol. The van der Waals surface area contributed by atoms with Crippen molar-refractivity contribution < 1.29 is 18.7 Å². The Morgan fingerprint density at radius 2 is 1.80 bits per heavy atom. The molecular weight excluding hydrogens is 384 g/mol.